The molecule has 0 saturated carbocycles. The molecule has 1 fully saturated rings. The largest absolute Gasteiger partial charge is 0.465 e. The van der Waals surface area contributed by atoms with Gasteiger partial charge in [-0.05, 0) is 46.2 Å². The van der Waals surface area contributed by atoms with Crippen molar-refractivity contribution >= 4 is 6.09 Å². The van der Waals surface area contributed by atoms with Gasteiger partial charge in [-0.3, -0.25) is 0 Å². The van der Waals surface area contributed by atoms with E-state index in [1.165, 1.54) is 4.90 Å². The zero-order chi connectivity index (χ0) is 10.8. The van der Waals surface area contributed by atoms with Gasteiger partial charge in [-0.1, -0.05) is 0 Å². The first-order valence-corrected chi connectivity index (χ1v) is 5.12. The van der Waals surface area contributed by atoms with Gasteiger partial charge in [-0.2, -0.15) is 0 Å². The van der Waals surface area contributed by atoms with E-state index in [9.17, 15) is 4.79 Å². The second-order valence-corrected chi connectivity index (χ2v) is 4.92. The summed E-state index contributed by atoms with van der Waals surface area (Å²) in [7, 11) is 0. The number of rotatable bonds is 2. The molecule has 0 aromatic rings. The summed E-state index contributed by atoms with van der Waals surface area (Å²) >= 11 is 0. The van der Waals surface area contributed by atoms with E-state index in [1.54, 1.807) is 0 Å². The van der Waals surface area contributed by atoms with Crippen LogP contribution in [0.15, 0.2) is 0 Å². The molecule has 1 rings (SSSR count). The number of nitrogens with zero attached hydrogens (tertiary/aromatic N) is 1. The molecule has 0 radical (unpaired) electrons. The predicted molar refractivity (Wildman–Crippen MR) is 55.5 cm³/mol. The van der Waals surface area contributed by atoms with Crippen LogP contribution in [0.2, 0.25) is 0 Å². The van der Waals surface area contributed by atoms with E-state index in [0.29, 0.717) is 12.5 Å². The van der Waals surface area contributed by atoms with Gasteiger partial charge in [0, 0.05) is 12.1 Å². The van der Waals surface area contributed by atoms with Crippen LogP contribution < -0.4 is 5.32 Å². The molecule has 2 N–H and O–H groups in total. The standard InChI is InChI=1S/C10H20N2O2/c1-10(2,3)12(9(13)14)7-8-4-5-11-6-8/h8,11H,4-7H2,1-3H3,(H,13,14)/t8-/m0/s1. The molecule has 1 atom stereocenters. The van der Waals surface area contributed by atoms with Gasteiger partial charge >= 0.3 is 6.09 Å². The van der Waals surface area contributed by atoms with E-state index in [4.69, 9.17) is 5.11 Å². The maximum absolute atomic E-state index is 11.0. The first kappa shape index (κ1) is 11.3. The first-order valence-electron chi connectivity index (χ1n) is 5.12. The number of carbonyl (C=O) groups is 1. The minimum Gasteiger partial charge on any atom is -0.465 e. The van der Waals surface area contributed by atoms with Crippen molar-refractivity contribution < 1.29 is 9.90 Å². The fraction of sp³-hybridized carbons (Fsp3) is 0.900. The molecule has 4 heteroatoms. The Kier molecular flexibility index (Phi) is 3.37. The Balaban J connectivity index is 2.55. The maximum atomic E-state index is 11.0. The van der Waals surface area contributed by atoms with Gasteiger partial charge < -0.3 is 15.3 Å². The Hall–Kier alpha value is -0.770. The molecule has 4 nitrogen and oxygen atoms in total. The monoisotopic (exact) mass is 200 g/mol. The van der Waals surface area contributed by atoms with Crippen molar-refractivity contribution in [3.63, 3.8) is 0 Å². The van der Waals surface area contributed by atoms with E-state index >= 15 is 0 Å². The molecular weight excluding hydrogens is 180 g/mol. The third kappa shape index (κ3) is 2.87. The smallest absolute Gasteiger partial charge is 0.407 e. The Bertz CT molecular complexity index is 205. The van der Waals surface area contributed by atoms with Gasteiger partial charge in [0.15, 0.2) is 0 Å². The summed E-state index contributed by atoms with van der Waals surface area (Å²) in [5.41, 5.74) is -0.297. The van der Waals surface area contributed by atoms with Gasteiger partial charge in [-0.15, -0.1) is 0 Å². The van der Waals surface area contributed by atoms with Crippen LogP contribution in [-0.2, 0) is 0 Å². The molecule has 1 amide bonds. The molecule has 0 aliphatic carbocycles. The Morgan fingerprint density at radius 1 is 1.57 bits per heavy atom. The molecule has 82 valence electrons. The van der Waals surface area contributed by atoms with Gasteiger partial charge in [0.2, 0.25) is 0 Å². The number of carboxylic acid groups (broad SMARTS) is 1. The van der Waals surface area contributed by atoms with Crippen LogP contribution in [0, 0.1) is 5.92 Å². The fourth-order valence-electron chi connectivity index (χ4n) is 1.77. The second kappa shape index (κ2) is 4.17. The van der Waals surface area contributed by atoms with Crippen LogP contribution in [0.5, 0.6) is 0 Å². The van der Waals surface area contributed by atoms with Crippen molar-refractivity contribution in [1.29, 1.82) is 0 Å². The van der Waals surface area contributed by atoms with E-state index in [-0.39, 0.29) is 5.54 Å². The van der Waals surface area contributed by atoms with E-state index in [0.717, 1.165) is 19.5 Å². The summed E-state index contributed by atoms with van der Waals surface area (Å²) < 4.78 is 0. The van der Waals surface area contributed by atoms with Crippen molar-refractivity contribution in [3.8, 4) is 0 Å². The molecule has 0 aromatic carbocycles. The molecule has 14 heavy (non-hydrogen) atoms. The Labute approximate surface area is 85.3 Å². The van der Waals surface area contributed by atoms with E-state index < -0.39 is 6.09 Å². The van der Waals surface area contributed by atoms with Gasteiger partial charge in [0.05, 0.1) is 0 Å². The first-order chi connectivity index (χ1) is 6.41. The van der Waals surface area contributed by atoms with Crippen molar-refractivity contribution in [2.45, 2.75) is 32.7 Å². The predicted octanol–water partition coefficient (Wildman–Crippen LogP) is 1.37. The summed E-state index contributed by atoms with van der Waals surface area (Å²) in [6.45, 7) is 8.41. The summed E-state index contributed by atoms with van der Waals surface area (Å²) in [5, 5.41) is 12.3. The van der Waals surface area contributed by atoms with Crippen LogP contribution in [0.3, 0.4) is 0 Å². The fourth-order valence-corrected chi connectivity index (χ4v) is 1.77. The van der Waals surface area contributed by atoms with Crippen molar-refractivity contribution in [2.75, 3.05) is 19.6 Å². The molecule has 0 spiro atoms. The molecule has 1 saturated heterocycles. The molecule has 1 heterocycles. The molecule has 0 bridgehead atoms. The molecule has 0 unspecified atom stereocenters. The number of hydrogen-bond donors (Lipinski definition) is 2. The topological polar surface area (TPSA) is 52.6 Å². The lowest BCUT2D eigenvalue weighted by molar-refractivity contribution is 0.0907. The van der Waals surface area contributed by atoms with Crippen molar-refractivity contribution in [3.05, 3.63) is 0 Å². The van der Waals surface area contributed by atoms with Gasteiger partial charge in [-0.25, -0.2) is 4.79 Å². The zero-order valence-electron chi connectivity index (χ0n) is 9.21. The summed E-state index contributed by atoms with van der Waals surface area (Å²) in [5.74, 6) is 0.477. The summed E-state index contributed by atoms with van der Waals surface area (Å²) in [4.78, 5) is 12.6. The van der Waals surface area contributed by atoms with Crippen LogP contribution in [0.4, 0.5) is 4.79 Å². The molecule has 1 aliphatic rings. The average molecular weight is 200 g/mol. The Morgan fingerprint density at radius 2 is 2.21 bits per heavy atom. The third-order valence-corrected chi connectivity index (χ3v) is 2.64. The molecule has 1 aliphatic heterocycles. The van der Waals surface area contributed by atoms with Gasteiger partial charge in [0.25, 0.3) is 0 Å². The number of nitrogens with one attached hydrogen (secondary N) is 1. The highest BCUT2D eigenvalue weighted by Gasteiger charge is 2.29. The maximum Gasteiger partial charge on any atom is 0.407 e. The van der Waals surface area contributed by atoms with Crippen LogP contribution in [0.25, 0.3) is 0 Å². The highest BCUT2D eigenvalue weighted by molar-refractivity contribution is 5.66. The molecule has 0 aromatic heterocycles. The van der Waals surface area contributed by atoms with Crippen LogP contribution in [0.1, 0.15) is 27.2 Å². The van der Waals surface area contributed by atoms with Crippen molar-refractivity contribution in [1.82, 2.24) is 10.2 Å². The summed E-state index contributed by atoms with van der Waals surface area (Å²) in [6, 6.07) is 0. The Morgan fingerprint density at radius 3 is 2.57 bits per heavy atom. The van der Waals surface area contributed by atoms with E-state index in [2.05, 4.69) is 5.32 Å². The SMILES string of the molecule is CC(C)(C)N(C[C@H]1CCNC1)C(=O)O. The van der Waals surface area contributed by atoms with E-state index in [1.807, 2.05) is 20.8 Å². The summed E-state index contributed by atoms with van der Waals surface area (Å²) in [6.07, 6.45) is 0.268. The highest BCUT2D eigenvalue weighted by Crippen LogP contribution is 2.18. The quantitative estimate of drug-likeness (QED) is 0.708. The highest BCUT2D eigenvalue weighted by atomic mass is 16.4. The second-order valence-electron chi connectivity index (χ2n) is 4.92. The van der Waals surface area contributed by atoms with Crippen LogP contribution >= 0.6 is 0 Å². The number of amides is 1. The van der Waals surface area contributed by atoms with Crippen LogP contribution in [-0.4, -0.2) is 41.3 Å². The van der Waals surface area contributed by atoms with Crippen molar-refractivity contribution in [2.24, 2.45) is 5.92 Å². The minimum absolute atomic E-state index is 0.297. The normalized spacial score (nSPS) is 22.4. The van der Waals surface area contributed by atoms with Gasteiger partial charge in [0.1, 0.15) is 0 Å². The molecular formula is C10H20N2O2. The lowest BCUT2D eigenvalue weighted by atomic mass is 10.0. The number of hydrogen-bond acceptors (Lipinski definition) is 2. The lowest BCUT2D eigenvalue weighted by Crippen LogP contribution is -2.47. The minimum atomic E-state index is -0.815. The average Bonchev–Trinajstić information content (AvgIpc) is 2.48. The third-order valence-electron chi connectivity index (χ3n) is 2.64. The zero-order valence-corrected chi connectivity index (χ0v) is 9.21. The lowest BCUT2D eigenvalue weighted by Gasteiger charge is -2.34.